The smallest absolute Gasteiger partial charge is 0.423 e. The second kappa shape index (κ2) is 17.2. The van der Waals surface area contributed by atoms with Crippen LogP contribution in [-0.2, 0) is 4.79 Å². The van der Waals surface area contributed by atoms with Crippen LogP contribution in [0.2, 0.25) is 0 Å². The molecule has 29 heavy (non-hydrogen) atoms. The molecule has 0 aliphatic carbocycles. The van der Waals surface area contributed by atoms with Crippen LogP contribution in [0.15, 0.2) is 24.3 Å². The van der Waals surface area contributed by atoms with Gasteiger partial charge in [0.15, 0.2) is 0 Å². The molecule has 1 aromatic carbocycles. The predicted molar refractivity (Wildman–Crippen MR) is 119 cm³/mol. The maximum Gasteiger partial charge on any atom is 0.488 e. The Hall–Kier alpha value is -1.66. The van der Waals surface area contributed by atoms with E-state index < -0.39 is 7.12 Å². The Labute approximate surface area is 176 Å². The van der Waals surface area contributed by atoms with Crippen molar-refractivity contribution in [3.63, 3.8) is 0 Å². The Kier molecular flexibility index (Phi) is 15.1. The quantitative estimate of drug-likeness (QED) is 0.198. The highest BCUT2D eigenvalue weighted by Gasteiger charge is 2.11. The molecular weight excluding hydrogens is 365 g/mol. The highest BCUT2D eigenvalue weighted by molar-refractivity contribution is 6.58. The van der Waals surface area contributed by atoms with Gasteiger partial charge in [-0.2, -0.15) is 0 Å². The molecule has 0 aliphatic rings. The Morgan fingerprint density at radius 2 is 1.21 bits per heavy atom. The Morgan fingerprint density at radius 3 is 1.66 bits per heavy atom. The van der Waals surface area contributed by atoms with Crippen LogP contribution < -0.4 is 10.8 Å². The van der Waals surface area contributed by atoms with Crippen molar-refractivity contribution in [2.24, 2.45) is 0 Å². The van der Waals surface area contributed by atoms with Gasteiger partial charge in [0.05, 0.1) is 0 Å². The summed E-state index contributed by atoms with van der Waals surface area (Å²) in [7, 11) is -1.50. The monoisotopic (exact) mass is 403 g/mol. The number of benzene rings is 1. The minimum atomic E-state index is -1.50. The molecule has 5 nitrogen and oxygen atoms in total. The number of hydrogen-bond acceptors (Lipinski definition) is 4. The number of rotatable bonds is 18. The van der Waals surface area contributed by atoms with Crippen LogP contribution >= 0.6 is 0 Å². The number of nitrogens with one attached hydrogen (secondary N) is 1. The summed E-state index contributed by atoms with van der Waals surface area (Å²) in [5.74, 6) is -0.118. The van der Waals surface area contributed by atoms with Crippen molar-refractivity contribution in [2.45, 2.75) is 89.9 Å². The summed E-state index contributed by atoms with van der Waals surface area (Å²) in [5.41, 5.74) is 0.919. The summed E-state index contributed by atoms with van der Waals surface area (Å²) < 4.78 is 0. The Morgan fingerprint density at radius 1 is 0.759 bits per heavy atom. The largest absolute Gasteiger partial charge is 0.488 e. The number of hydrogen-bond donors (Lipinski definition) is 3. The molecule has 0 aliphatic heterocycles. The topological polar surface area (TPSA) is 86.6 Å². The van der Waals surface area contributed by atoms with Crippen molar-refractivity contribution in [2.75, 3.05) is 6.54 Å². The molecular formula is C23H38BNO4. The van der Waals surface area contributed by atoms with Gasteiger partial charge in [-0.15, -0.1) is 0 Å². The molecule has 0 bridgehead atoms. The van der Waals surface area contributed by atoms with Gasteiger partial charge in [-0.1, -0.05) is 82.8 Å². The van der Waals surface area contributed by atoms with Crippen molar-refractivity contribution in [3.8, 4) is 0 Å². The molecule has 162 valence electrons. The van der Waals surface area contributed by atoms with E-state index in [9.17, 15) is 9.59 Å². The lowest BCUT2D eigenvalue weighted by Crippen LogP contribution is -2.30. The maximum absolute atomic E-state index is 12.0. The first kappa shape index (κ1) is 25.4. The fourth-order valence-electron chi connectivity index (χ4n) is 3.41. The minimum absolute atomic E-state index is 0.118. The van der Waals surface area contributed by atoms with Crippen molar-refractivity contribution < 1.29 is 19.6 Å². The highest BCUT2D eigenvalue weighted by Crippen LogP contribution is 2.12. The number of amides is 1. The van der Waals surface area contributed by atoms with Gasteiger partial charge in [-0.05, 0) is 30.4 Å². The van der Waals surface area contributed by atoms with Crippen LogP contribution in [0.25, 0.3) is 0 Å². The first-order valence-electron chi connectivity index (χ1n) is 11.3. The molecule has 0 spiro atoms. The zero-order valence-electron chi connectivity index (χ0n) is 17.8. The van der Waals surface area contributed by atoms with Gasteiger partial charge in [0.2, 0.25) is 0 Å². The lowest BCUT2D eigenvalue weighted by molar-refractivity contribution is -0.107. The van der Waals surface area contributed by atoms with E-state index in [0.717, 1.165) is 32.0 Å². The predicted octanol–water partition coefficient (Wildman–Crippen LogP) is 3.76. The van der Waals surface area contributed by atoms with Gasteiger partial charge in [0.1, 0.15) is 6.29 Å². The molecule has 3 N–H and O–H groups in total. The molecule has 0 fully saturated rings. The molecule has 0 atom stereocenters. The zero-order chi connectivity index (χ0) is 21.2. The average Bonchev–Trinajstić information content (AvgIpc) is 2.73. The van der Waals surface area contributed by atoms with E-state index in [4.69, 9.17) is 10.0 Å². The van der Waals surface area contributed by atoms with E-state index in [1.807, 2.05) is 0 Å². The summed E-state index contributed by atoms with van der Waals surface area (Å²) in [6.45, 7) is 0.677. The number of aldehydes is 1. The van der Waals surface area contributed by atoms with Crippen LogP contribution in [0.5, 0.6) is 0 Å². The molecule has 1 aromatic rings. The highest BCUT2D eigenvalue weighted by atomic mass is 16.4. The van der Waals surface area contributed by atoms with E-state index >= 15 is 0 Å². The van der Waals surface area contributed by atoms with Gasteiger partial charge in [0.25, 0.3) is 5.91 Å². The van der Waals surface area contributed by atoms with Gasteiger partial charge in [-0.3, -0.25) is 4.79 Å². The average molecular weight is 403 g/mol. The molecule has 0 unspecified atom stereocenters. The van der Waals surface area contributed by atoms with Crippen molar-refractivity contribution >= 4 is 24.8 Å². The van der Waals surface area contributed by atoms with Crippen molar-refractivity contribution in [1.82, 2.24) is 5.32 Å². The molecule has 1 amide bonds. The van der Waals surface area contributed by atoms with Crippen LogP contribution in [0.1, 0.15) is 100 Å². The number of unbranched alkanes of at least 4 members (excludes halogenated alkanes) is 13. The van der Waals surface area contributed by atoms with Crippen LogP contribution in [0, 0.1) is 0 Å². The SMILES string of the molecule is O=CCCCCCCCCCCCCCCCNC(=O)c1ccc(B(O)O)cc1. The van der Waals surface area contributed by atoms with Crippen LogP contribution in [0.3, 0.4) is 0 Å². The molecule has 0 saturated carbocycles. The molecule has 0 radical (unpaired) electrons. The standard InChI is InChI=1S/C23H38BNO4/c26-20-14-12-10-8-6-4-2-1-3-5-7-9-11-13-19-25-23(27)21-15-17-22(18-16-21)24(28)29/h15-18,20,28-29H,1-14,19H2,(H,25,27). The second-order valence-corrected chi connectivity index (χ2v) is 7.80. The fourth-order valence-corrected chi connectivity index (χ4v) is 3.41. The first-order chi connectivity index (χ1) is 14.1. The number of carbonyl (C=O) groups is 2. The molecule has 0 aromatic heterocycles. The Balaban J connectivity index is 1.87. The minimum Gasteiger partial charge on any atom is -0.423 e. The third kappa shape index (κ3) is 13.2. The molecule has 1 rings (SSSR count). The normalized spacial score (nSPS) is 10.7. The number of carbonyl (C=O) groups excluding carboxylic acids is 2. The lowest BCUT2D eigenvalue weighted by Gasteiger charge is -2.06. The van der Waals surface area contributed by atoms with Gasteiger partial charge in [0, 0.05) is 18.5 Å². The van der Waals surface area contributed by atoms with E-state index in [2.05, 4.69) is 5.32 Å². The zero-order valence-corrected chi connectivity index (χ0v) is 17.8. The van der Waals surface area contributed by atoms with Gasteiger partial charge < -0.3 is 20.2 Å². The summed E-state index contributed by atoms with van der Waals surface area (Å²) in [6.07, 6.45) is 17.8. The lowest BCUT2D eigenvalue weighted by atomic mass is 9.80. The van der Waals surface area contributed by atoms with E-state index in [0.29, 0.717) is 17.6 Å². The summed E-state index contributed by atoms with van der Waals surface area (Å²) >= 11 is 0. The van der Waals surface area contributed by atoms with E-state index in [-0.39, 0.29) is 5.91 Å². The summed E-state index contributed by atoms with van der Waals surface area (Å²) in [5, 5.41) is 21.0. The van der Waals surface area contributed by atoms with Crippen molar-refractivity contribution in [3.05, 3.63) is 29.8 Å². The molecule has 6 heteroatoms. The molecule has 0 heterocycles. The van der Waals surface area contributed by atoms with E-state index in [1.165, 1.54) is 64.2 Å². The fraction of sp³-hybridized carbons (Fsp3) is 0.652. The van der Waals surface area contributed by atoms with E-state index in [1.54, 1.807) is 24.3 Å². The van der Waals surface area contributed by atoms with Gasteiger partial charge >= 0.3 is 7.12 Å². The molecule has 0 saturated heterocycles. The van der Waals surface area contributed by atoms with Crippen LogP contribution in [-0.4, -0.2) is 35.9 Å². The maximum atomic E-state index is 12.0. The Bertz CT molecular complexity index is 548. The van der Waals surface area contributed by atoms with Crippen molar-refractivity contribution in [1.29, 1.82) is 0 Å². The third-order valence-corrected chi connectivity index (χ3v) is 5.26. The first-order valence-corrected chi connectivity index (χ1v) is 11.3. The summed E-state index contributed by atoms with van der Waals surface area (Å²) in [4.78, 5) is 22.2. The summed E-state index contributed by atoms with van der Waals surface area (Å²) in [6, 6.07) is 6.32. The second-order valence-electron chi connectivity index (χ2n) is 7.80. The van der Waals surface area contributed by atoms with Crippen LogP contribution in [0.4, 0.5) is 0 Å². The van der Waals surface area contributed by atoms with Gasteiger partial charge in [-0.25, -0.2) is 0 Å². The third-order valence-electron chi connectivity index (χ3n) is 5.26.